The number of rotatable bonds is 3. The Morgan fingerprint density at radius 1 is 1.14 bits per heavy atom. The van der Waals surface area contributed by atoms with Gasteiger partial charge in [-0.2, -0.15) is 0 Å². The summed E-state index contributed by atoms with van der Waals surface area (Å²) in [6.07, 6.45) is 0. The van der Waals surface area contributed by atoms with Gasteiger partial charge >= 0.3 is 0 Å². The Kier molecular flexibility index (Phi) is 4.82. The SMILES string of the molecule is Nc1cc(S(=O)(=O)Nc2c(Cl)cc(F)cc2Br)ccc1Br. The van der Waals surface area contributed by atoms with E-state index in [1.807, 2.05) is 0 Å². The molecule has 0 bridgehead atoms. The smallest absolute Gasteiger partial charge is 0.262 e. The lowest BCUT2D eigenvalue weighted by Gasteiger charge is -2.12. The lowest BCUT2D eigenvalue weighted by Crippen LogP contribution is -2.14. The molecule has 0 aliphatic carbocycles. The van der Waals surface area contributed by atoms with Gasteiger partial charge < -0.3 is 5.73 Å². The molecule has 3 N–H and O–H groups in total. The average Bonchev–Trinajstić information content (AvgIpc) is 2.37. The average molecular weight is 459 g/mol. The Balaban J connectivity index is 2.44. The van der Waals surface area contributed by atoms with E-state index in [9.17, 15) is 12.8 Å². The van der Waals surface area contributed by atoms with E-state index in [2.05, 4.69) is 36.6 Å². The third-order valence-corrected chi connectivity index (χ3v) is 5.51. The second kappa shape index (κ2) is 6.12. The molecule has 0 amide bonds. The number of nitrogens with one attached hydrogen (secondary N) is 1. The van der Waals surface area contributed by atoms with Crippen molar-refractivity contribution in [2.24, 2.45) is 0 Å². The second-order valence-electron chi connectivity index (χ2n) is 4.03. The lowest BCUT2D eigenvalue weighted by molar-refractivity contribution is 0.601. The van der Waals surface area contributed by atoms with Crippen molar-refractivity contribution in [2.45, 2.75) is 4.90 Å². The van der Waals surface area contributed by atoms with E-state index in [0.29, 0.717) is 4.47 Å². The number of nitrogens with two attached hydrogens (primary N) is 1. The van der Waals surface area contributed by atoms with E-state index in [4.69, 9.17) is 17.3 Å². The molecule has 2 rings (SSSR count). The summed E-state index contributed by atoms with van der Waals surface area (Å²) in [4.78, 5) is -0.0320. The monoisotopic (exact) mass is 456 g/mol. The van der Waals surface area contributed by atoms with E-state index in [1.165, 1.54) is 18.2 Å². The fourth-order valence-electron chi connectivity index (χ4n) is 1.52. The molecule has 4 nitrogen and oxygen atoms in total. The van der Waals surface area contributed by atoms with Gasteiger partial charge in [0.15, 0.2) is 0 Å². The topological polar surface area (TPSA) is 72.2 Å². The molecule has 2 aromatic carbocycles. The van der Waals surface area contributed by atoms with Crippen LogP contribution >= 0.6 is 43.5 Å². The Morgan fingerprint density at radius 3 is 2.38 bits per heavy atom. The van der Waals surface area contributed by atoms with E-state index < -0.39 is 15.8 Å². The van der Waals surface area contributed by atoms with Gasteiger partial charge in [-0.15, -0.1) is 0 Å². The first-order chi connectivity index (χ1) is 9.70. The first-order valence-electron chi connectivity index (χ1n) is 5.43. The van der Waals surface area contributed by atoms with E-state index in [-0.39, 0.29) is 25.8 Å². The fraction of sp³-hybridized carbons (Fsp3) is 0. The zero-order valence-electron chi connectivity index (χ0n) is 10.2. The number of hydrogen-bond acceptors (Lipinski definition) is 3. The summed E-state index contributed by atoms with van der Waals surface area (Å²) < 4.78 is 40.8. The van der Waals surface area contributed by atoms with Gasteiger partial charge in [0.25, 0.3) is 10.0 Å². The maximum absolute atomic E-state index is 13.1. The first-order valence-corrected chi connectivity index (χ1v) is 8.88. The molecule has 0 unspecified atom stereocenters. The van der Waals surface area contributed by atoms with Gasteiger partial charge in [-0.1, -0.05) is 11.6 Å². The van der Waals surface area contributed by atoms with Crippen LogP contribution in [0.25, 0.3) is 0 Å². The van der Waals surface area contributed by atoms with Crippen LogP contribution in [0.5, 0.6) is 0 Å². The lowest BCUT2D eigenvalue weighted by atomic mass is 10.3. The molecule has 0 fully saturated rings. The number of hydrogen-bond donors (Lipinski definition) is 2. The summed E-state index contributed by atoms with van der Waals surface area (Å²) in [5.41, 5.74) is 6.00. The minimum absolute atomic E-state index is 0.0320. The number of halogens is 4. The minimum Gasteiger partial charge on any atom is -0.398 e. The molecule has 2 aromatic rings. The number of benzene rings is 2. The van der Waals surface area contributed by atoms with Crippen LogP contribution in [0.15, 0.2) is 44.2 Å². The molecule has 0 aromatic heterocycles. The van der Waals surface area contributed by atoms with Crippen molar-refractivity contribution in [3.8, 4) is 0 Å². The van der Waals surface area contributed by atoms with Crippen molar-refractivity contribution in [1.29, 1.82) is 0 Å². The molecular weight excluding hydrogens is 450 g/mol. The van der Waals surface area contributed by atoms with Crippen LogP contribution in [0.2, 0.25) is 5.02 Å². The predicted molar refractivity (Wildman–Crippen MR) is 88.5 cm³/mol. The molecule has 112 valence electrons. The van der Waals surface area contributed by atoms with Gasteiger partial charge in [0.05, 0.1) is 15.6 Å². The largest absolute Gasteiger partial charge is 0.398 e. The zero-order valence-corrected chi connectivity index (χ0v) is 14.9. The number of anilines is 2. The Morgan fingerprint density at radius 2 is 1.81 bits per heavy atom. The zero-order chi connectivity index (χ0) is 15.8. The van der Waals surface area contributed by atoms with Gasteiger partial charge in [0.1, 0.15) is 5.82 Å². The molecule has 0 aliphatic rings. The summed E-state index contributed by atoms with van der Waals surface area (Å²) in [6.45, 7) is 0. The van der Waals surface area contributed by atoms with Crippen molar-refractivity contribution < 1.29 is 12.8 Å². The molecule has 21 heavy (non-hydrogen) atoms. The maximum Gasteiger partial charge on any atom is 0.262 e. The highest BCUT2D eigenvalue weighted by Gasteiger charge is 2.19. The minimum atomic E-state index is -3.90. The van der Waals surface area contributed by atoms with Crippen molar-refractivity contribution >= 4 is 64.9 Å². The van der Waals surface area contributed by atoms with Gasteiger partial charge in [-0.25, -0.2) is 12.8 Å². The standard InChI is InChI=1S/C12H8Br2ClFN2O2S/c13-8-2-1-7(5-11(8)17)21(19,20)18-12-9(14)3-6(16)4-10(12)15/h1-5,18H,17H2. The maximum atomic E-state index is 13.1. The van der Waals surface area contributed by atoms with Gasteiger partial charge in [-0.05, 0) is 62.2 Å². The summed E-state index contributed by atoms with van der Waals surface area (Å²) in [7, 11) is -3.90. The van der Waals surface area contributed by atoms with Crippen LogP contribution in [0, 0.1) is 5.82 Å². The molecular formula is C12H8Br2ClFN2O2S. The van der Waals surface area contributed by atoms with Crippen LogP contribution < -0.4 is 10.5 Å². The summed E-state index contributed by atoms with van der Waals surface area (Å²) >= 11 is 12.1. The molecule has 0 radical (unpaired) electrons. The van der Waals surface area contributed by atoms with Gasteiger partial charge in [-0.3, -0.25) is 4.72 Å². The highest BCUT2D eigenvalue weighted by Crippen LogP contribution is 2.34. The first kappa shape index (κ1) is 16.5. The molecule has 0 saturated carbocycles. The second-order valence-corrected chi connectivity index (χ2v) is 7.83. The Bertz CT molecular complexity index is 792. The number of sulfonamides is 1. The van der Waals surface area contributed by atoms with Gasteiger partial charge in [0, 0.05) is 14.6 Å². The summed E-state index contributed by atoms with van der Waals surface area (Å²) in [5.74, 6) is -0.581. The van der Waals surface area contributed by atoms with Crippen molar-refractivity contribution in [1.82, 2.24) is 0 Å². The highest BCUT2D eigenvalue weighted by molar-refractivity contribution is 9.11. The van der Waals surface area contributed by atoms with Crippen LogP contribution in [-0.2, 0) is 10.0 Å². The molecule has 0 spiro atoms. The van der Waals surface area contributed by atoms with E-state index in [1.54, 1.807) is 0 Å². The molecule has 0 heterocycles. The Labute approximate surface area is 142 Å². The van der Waals surface area contributed by atoms with E-state index >= 15 is 0 Å². The highest BCUT2D eigenvalue weighted by atomic mass is 79.9. The van der Waals surface area contributed by atoms with Crippen molar-refractivity contribution in [3.05, 3.63) is 50.1 Å². The number of nitrogen functional groups attached to an aromatic ring is 1. The van der Waals surface area contributed by atoms with E-state index in [0.717, 1.165) is 12.1 Å². The fourth-order valence-corrected chi connectivity index (χ4v) is 3.99. The van der Waals surface area contributed by atoms with Crippen LogP contribution in [0.3, 0.4) is 0 Å². The van der Waals surface area contributed by atoms with Crippen LogP contribution in [0.4, 0.5) is 15.8 Å². The molecule has 0 saturated heterocycles. The molecule has 0 aliphatic heterocycles. The summed E-state index contributed by atoms with van der Waals surface area (Å²) in [6, 6.07) is 6.33. The third-order valence-electron chi connectivity index (χ3n) is 2.52. The molecule has 0 atom stereocenters. The van der Waals surface area contributed by atoms with Crippen molar-refractivity contribution in [3.63, 3.8) is 0 Å². The third kappa shape index (κ3) is 3.68. The van der Waals surface area contributed by atoms with Crippen molar-refractivity contribution in [2.75, 3.05) is 10.5 Å². The van der Waals surface area contributed by atoms with Crippen LogP contribution in [0.1, 0.15) is 0 Å². The Hall–Kier alpha value is -0.830. The quantitative estimate of drug-likeness (QED) is 0.671. The van der Waals surface area contributed by atoms with Crippen LogP contribution in [-0.4, -0.2) is 8.42 Å². The normalized spacial score (nSPS) is 11.4. The molecule has 9 heteroatoms. The predicted octanol–water partition coefficient (Wildman–Crippen LogP) is 4.39. The van der Waals surface area contributed by atoms with Gasteiger partial charge in [0.2, 0.25) is 0 Å². The summed E-state index contributed by atoms with van der Waals surface area (Å²) in [5, 5.41) is -0.0597.